The highest BCUT2D eigenvalue weighted by atomic mass is 79.9. The Hall–Kier alpha value is -0.540. The molecule has 106 valence electrons. The number of unbranched alkanes of at least 4 members (excludes halogenated alkanes) is 2. The fraction of sp³-hybridized carbons (Fsp3) is 0.533. The number of hydrogen-bond donors (Lipinski definition) is 0. The van der Waals surface area contributed by atoms with Crippen LogP contribution in [-0.2, 0) is 0 Å². The molecule has 0 aliphatic heterocycles. The third-order valence-corrected chi connectivity index (χ3v) is 4.25. The highest BCUT2D eigenvalue weighted by Gasteiger charge is 2.15. The number of hydrogen-bond acceptors (Lipinski definition) is 1. The van der Waals surface area contributed by atoms with E-state index in [9.17, 15) is 4.79 Å². The summed E-state index contributed by atoms with van der Waals surface area (Å²) in [5.74, 6) is 0.0799. The van der Waals surface area contributed by atoms with E-state index in [1.165, 1.54) is 0 Å². The molecule has 0 heterocycles. The van der Waals surface area contributed by atoms with Gasteiger partial charge in [-0.1, -0.05) is 38.3 Å². The van der Waals surface area contributed by atoms with Crippen molar-refractivity contribution in [2.24, 2.45) is 0 Å². The summed E-state index contributed by atoms with van der Waals surface area (Å²) in [6, 6.07) is 5.38. The maximum atomic E-state index is 12.5. The van der Waals surface area contributed by atoms with Gasteiger partial charge < -0.3 is 4.90 Å². The molecule has 0 saturated carbocycles. The first-order valence-electron chi connectivity index (χ1n) is 6.84. The summed E-state index contributed by atoms with van der Waals surface area (Å²) < 4.78 is 0.819. The molecule has 4 heteroatoms. The van der Waals surface area contributed by atoms with Crippen LogP contribution in [0.2, 0.25) is 5.02 Å². The summed E-state index contributed by atoms with van der Waals surface area (Å²) in [4.78, 5) is 14.4. The van der Waals surface area contributed by atoms with Crippen LogP contribution in [0.15, 0.2) is 22.7 Å². The fourth-order valence-corrected chi connectivity index (χ4v) is 2.25. The van der Waals surface area contributed by atoms with Gasteiger partial charge in [-0.3, -0.25) is 4.79 Å². The number of rotatable bonds is 7. The van der Waals surface area contributed by atoms with E-state index in [0.717, 1.165) is 43.2 Å². The first-order chi connectivity index (χ1) is 9.10. The molecule has 0 fully saturated rings. The highest BCUT2D eigenvalue weighted by molar-refractivity contribution is 9.10. The largest absolute Gasteiger partial charge is 0.339 e. The highest BCUT2D eigenvalue weighted by Crippen LogP contribution is 2.24. The Bertz CT molecular complexity index is 415. The SMILES string of the molecule is CCCCN(CCCC)C(=O)c1ccc(Br)c(Cl)c1. The molecule has 0 spiro atoms. The first-order valence-corrected chi connectivity index (χ1v) is 8.01. The Morgan fingerprint density at radius 3 is 2.26 bits per heavy atom. The van der Waals surface area contributed by atoms with Gasteiger partial charge >= 0.3 is 0 Å². The van der Waals surface area contributed by atoms with E-state index in [2.05, 4.69) is 29.8 Å². The summed E-state index contributed by atoms with van der Waals surface area (Å²) in [6.45, 7) is 5.92. The van der Waals surface area contributed by atoms with Crippen molar-refractivity contribution in [3.8, 4) is 0 Å². The van der Waals surface area contributed by atoms with E-state index < -0.39 is 0 Å². The summed E-state index contributed by atoms with van der Waals surface area (Å²) in [5, 5.41) is 0.580. The molecule has 1 rings (SSSR count). The molecule has 0 bridgehead atoms. The van der Waals surface area contributed by atoms with Crippen LogP contribution in [0, 0.1) is 0 Å². The number of halogens is 2. The zero-order valence-corrected chi connectivity index (χ0v) is 13.9. The van der Waals surface area contributed by atoms with Gasteiger partial charge in [-0.05, 0) is 47.0 Å². The molecule has 1 aromatic rings. The minimum Gasteiger partial charge on any atom is -0.339 e. The monoisotopic (exact) mass is 345 g/mol. The molecule has 0 radical (unpaired) electrons. The topological polar surface area (TPSA) is 20.3 Å². The van der Waals surface area contributed by atoms with Crippen LogP contribution in [0.1, 0.15) is 49.9 Å². The Morgan fingerprint density at radius 1 is 1.21 bits per heavy atom. The van der Waals surface area contributed by atoms with E-state index in [1.807, 2.05) is 17.0 Å². The molecule has 2 nitrogen and oxygen atoms in total. The first kappa shape index (κ1) is 16.5. The molecule has 0 aliphatic rings. The third kappa shape index (κ3) is 5.15. The van der Waals surface area contributed by atoms with Crippen molar-refractivity contribution >= 4 is 33.4 Å². The number of nitrogens with zero attached hydrogens (tertiary/aromatic N) is 1. The number of amides is 1. The van der Waals surface area contributed by atoms with Gasteiger partial charge in [-0.15, -0.1) is 0 Å². The molecule has 0 aliphatic carbocycles. The molecule has 0 saturated heterocycles. The van der Waals surface area contributed by atoms with Crippen LogP contribution in [0.25, 0.3) is 0 Å². The Balaban J connectivity index is 2.81. The number of benzene rings is 1. The Morgan fingerprint density at radius 2 is 1.79 bits per heavy atom. The maximum Gasteiger partial charge on any atom is 0.253 e. The normalized spacial score (nSPS) is 10.5. The predicted octanol–water partition coefficient (Wildman–Crippen LogP) is 5.14. The molecule has 1 amide bonds. The molecular formula is C15H21BrClNO. The fourth-order valence-electron chi connectivity index (χ4n) is 1.82. The van der Waals surface area contributed by atoms with Crippen LogP contribution in [0.5, 0.6) is 0 Å². The summed E-state index contributed by atoms with van der Waals surface area (Å²) in [6.07, 6.45) is 4.27. The van der Waals surface area contributed by atoms with Crippen molar-refractivity contribution in [1.29, 1.82) is 0 Å². The molecule has 19 heavy (non-hydrogen) atoms. The minimum atomic E-state index is 0.0799. The molecule has 1 aromatic carbocycles. The van der Waals surface area contributed by atoms with Gasteiger partial charge in [0.2, 0.25) is 0 Å². The number of carbonyl (C=O) groups is 1. The van der Waals surface area contributed by atoms with Crippen molar-refractivity contribution in [2.45, 2.75) is 39.5 Å². The van der Waals surface area contributed by atoms with Crippen LogP contribution < -0.4 is 0 Å². The zero-order valence-electron chi connectivity index (χ0n) is 11.6. The van der Waals surface area contributed by atoms with Crippen molar-refractivity contribution in [3.05, 3.63) is 33.3 Å². The van der Waals surface area contributed by atoms with Gasteiger partial charge in [0.15, 0.2) is 0 Å². The van der Waals surface area contributed by atoms with Gasteiger partial charge in [-0.25, -0.2) is 0 Å². The maximum absolute atomic E-state index is 12.5. The molecule has 0 aromatic heterocycles. The lowest BCUT2D eigenvalue weighted by Gasteiger charge is -2.22. The summed E-state index contributed by atoms with van der Waals surface area (Å²) in [7, 11) is 0. The Kier molecular flexibility index (Phi) is 7.47. The van der Waals surface area contributed by atoms with Crippen molar-refractivity contribution < 1.29 is 4.79 Å². The van der Waals surface area contributed by atoms with Gasteiger partial charge in [-0.2, -0.15) is 0 Å². The molecule has 0 atom stereocenters. The van der Waals surface area contributed by atoms with Crippen LogP contribution in [0.4, 0.5) is 0 Å². The smallest absolute Gasteiger partial charge is 0.253 e. The van der Waals surface area contributed by atoms with Crippen molar-refractivity contribution in [2.75, 3.05) is 13.1 Å². The van der Waals surface area contributed by atoms with Crippen molar-refractivity contribution in [1.82, 2.24) is 4.90 Å². The lowest BCUT2D eigenvalue weighted by atomic mass is 10.1. The van der Waals surface area contributed by atoms with E-state index in [4.69, 9.17) is 11.6 Å². The van der Waals surface area contributed by atoms with Gasteiger partial charge in [0.25, 0.3) is 5.91 Å². The second-order valence-corrected chi connectivity index (χ2v) is 5.89. The van der Waals surface area contributed by atoms with Crippen LogP contribution >= 0.6 is 27.5 Å². The van der Waals surface area contributed by atoms with Gasteiger partial charge in [0, 0.05) is 23.1 Å². The van der Waals surface area contributed by atoms with E-state index in [0.29, 0.717) is 10.6 Å². The Labute approximate surface area is 129 Å². The van der Waals surface area contributed by atoms with Gasteiger partial charge in [0.1, 0.15) is 0 Å². The standard InChI is InChI=1S/C15H21BrClNO/c1-3-5-9-18(10-6-4-2)15(19)12-7-8-13(16)14(17)11-12/h7-8,11H,3-6,9-10H2,1-2H3. The lowest BCUT2D eigenvalue weighted by Crippen LogP contribution is -2.32. The average molecular weight is 347 g/mol. The average Bonchev–Trinajstić information content (AvgIpc) is 2.41. The van der Waals surface area contributed by atoms with Crippen LogP contribution in [0.3, 0.4) is 0 Å². The molecule has 0 N–H and O–H groups in total. The molecule has 0 unspecified atom stereocenters. The van der Waals surface area contributed by atoms with Crippen molar-refractivity contribution in [3.63, 3.8) is 0 Å². The number of carbonyl (C=O) groups excluding carboxylic acids is 1. The predicted molar refractivity (Wildman–Crippen MR) is 84.9 cm³/mol. The summed E-state index contributed by atoms with van der Waals surface area (Å²) in [5.41, 5.74) is 0.667. The minimum absolute atomic E-state index is 0.0799. The van der Waals surface area contributed by atoms with E-state index in [-0.39, 0.29) is 5.91 Å². The summed E-state index contributed by atoms with van der Waals surface area (Å²) >= 11 is 9.40. The van der Waals surface area contributed by atoms with E-state index in [1.54, 1.807) is 6.07 Å². The molecular weight excluding hydrogens is 326 g/mol. The van der Waals surface area contributed by atoms with Crippen LogP contribution in [-0.4, -0.2) is 23.9 Å². The zero-order chi connectivity index (χ0) is 14.3. The van der Waals surface area contributed by atoms with E-state index >= 15 is 0 Å². The second-order valence-electron chi connectivity index (χ2n) is 4.63. The van der Waals surface area contributed by atoms with Gasteiger partial charge in [0.05, 0.1) is 5.02 Å². The quantitative estimate of drug-likeness (QED) is 0.669. The third-order valence-electron chi connectivity index (χ3n) is 3.02. The lowest BCUT2D eigenvalue weighted by molar-refractivity contribution is 0.0751. The second kappa shape index (κ2) is 8.60.